The van der Waals surface area contributed by atoms with E-state index in [2.05, 4.69) is 4.85 Å². The molecule has 68 valence electrons. The van der Waals surface area contributed by atoms with Crippen LogP contribution in [0.4, 0.5) is 4.39 Å². The van der Waals surface area contributed by atoms with E-state index in [0.717, 1.165) is 5.56 Å². The molecule has 0 aliphatic heterocycles. The number of rotatable bonds is 3. The summed E-state index contributed by atoms with van der Waals surface area (Å²) in [6.07, 6.45) is 0.588. The monoisotopic (exact) mass is 179 g/mol. The predicted molar refractivity (Wildman–Crippen MR) is 48.1 cm³/mol. The Morgan fingerprint density at radius 1 is 1.54 bits per heavy atom. The largest absolute Gasteiger partial charge is 0.494 e. The van der Waals surface area contributed by atoms with Gasteiger partial charge in [0, 0.05) is 6.42 Å². The molecule has 13 heavy (non-hydrogen) atoms. The summed E-state index contributed by atoms with van der Waals surface area (Å²) in [5, 5.41) is 0. The molecule has 0 unspecified atom stereocenters. The second-order valence-electron chi connectivity index (χ2n) is 2.60. The van der Waals surface area contributed by atoms with Crippen LogP contribution in [0, 0.1) is 12.4 Å². The average Bonchev–Trinajstić information content (AvgIpc) is 2.15. The van der Waals surface area contributed by atoms with Crippen molar-refractivity contribution in [2.75, 3.05) is 13.7 Å². The molecule has 3 heteroatoms. The van der Waals surface area contributed by atoms with Gasteiger partial charge in [0.05, 0.1) is 7.11 Å². The number of halogens is 1. The smallest absolute Gasteiger partial charge is 0.218 e. The fourth-order valence-electron chi connectivity index (χ4n) is 1.05. The third-order valence-corrected chi connectivity index (χ3v) is 1.73. The van der Waals surface area contributed by atoms with Gasteiger partial charge in [-0.25, -0.2) is 11.0 Å². The van der Waals surface area contributed by atoms with Crippen molar-refractivity contribution in [2.45, 2.75) is 6.42 Å². The van der Waals surface area contributed by atoms with E-state index in [1.807, 2.05) is 0 Å². The van der Waals surface area contributed by atoms with Crippen LogP contribution in [0.3, 0.4) is 0 Å². The van der Waals surface area contributed by atoms with Gasteiger partial charge in [0.2, 0.25) is 6.54 Å². The van der Waals surface area contributed by atoms with Crippen LogP contribution in [0.5, 0.6) is 5.75 Å². The maximum Gasteiger partial charge on any atom is 0.218 e. The molecule has 0 aliphatic rings. The van der Waals surface area contributed by atoms with Crippen molar-refractivity contribution < 1.29 is 9.13 Å². The number of nitrogens with zero attached hydrogens (tertiary/aromatic N) is 1. The Balaban J connectivity index is 2.78. The Hall–Kier alpha value is -1.56. The highest BCUT2D eigenvalue weighted by atomic mass is 19.1. The lowest BCUT2D eigenvalue weighted by Crippen LogP contribution is -1.92. The van der Waals surface area contributed by atoms with Crippen LogP contribution in [0.1, 0.15) is 5.56 Å². The first-order chi connectivity index (χ1) is 6.27. The van der Waals surface area contributed by atoms with Crippen LogP contribution >= 0.6 is 0 Å². The quantitative estimate of drug-likeness (QED) is 0.649. The highest BCUT2D eigenvalue weighted by Crippen LogP contribution is 2.17. The van der Waals surface area contributed by atoms with Gasteiger partial charge >= 0.3 is 0 Å². The van der Waals surface area contributed by atoms with Crippen molar-refractivity contribution in [3.8, 4) is 5.75 Å². The van der Waals surface area contributed by atoms with Gasteiger partial charge in [-0.3, -0.25) is 0 Å². The van der Waals surface area contributed by atoms with Gasteiger partial charge in [-0.2, -0.15) is 0 Å². The number of hydrogen-bond donors (Lipinski definition) is 0. The van der Waals surface area contributed by atoms with Crippen LogP contribution in [-0.2, 0) is 6.42 Å². The van der Waals surface area contributed by atoms with Crippen LogP contribution in [0.25, 0.3) is 4.85 Å². The summed E-state index contributed by atoms with van der Waals surface area (Å²) in [5.41, 5.74) is 0.828. The molecule has 0 saturated carbocycles. The van der Waals surface area contributed by atoms with Gasteiger partial charge in [-0.15, -0.1) is 0 Å². The fraction of sp³-hybridized carbons (Fsp3) is 0.300. The molecule has 0 aromatic heterocycles. The predicted octanol–water partition coefficient (Wildman–Crippen LogP) is 2.30. The molecular weight excluding hydrogens is 169 g/mol. The lowest BCUT2D eigenvalue weighted by Gasteiger charge is -2.02. The minimum absolute atomic E-state index is 0.242. The molecule has 0 spiro atoms. The van der Waals surface area contributed by atoms with E-state index in [9.17, 15) is 4.39 Å². The minimum atomic E-state index is -0.370. The molecule has 0 radical (unpaired) electrons. The zero-order valence-corrected chi connectivity index (χ0v) is 7.38. The Labute approximate surface area is 76.8 Å². The van der Waals surface area contributed by atoms with Gasteiger partial charge in [0.1, 0.15) is 0 Å². The van der Waals surface area contributed by atoms with Gasteiger partial charge in [0.25, 0.3) is 0 Å². The molecule has 2 nitrogen and oxygen atoms in total. The van der Waals surface area contributed by atoms with Gasteiger partial charge in [0.15, 0.2) is 11.6 Å². The molecule has 0 aliphatic carbocycles. The summed E-state index contributed by atoms with van der Waals surface area (Å²) < 4.78 is 17.8. The highest BCUT2D eigenvalue weighted by Gasteiger charge is 2.03. The van der Waals surface area contributed by atoms with E-state index >= 15 is 0 Å². The van der Waals surface area contributed by atoms with Crippen molar-refractivity contribution in [3.05, 3.63) is 41.0 Å². The Morgan fingerprint density at radius 2 is 2.31 bits per heavy atom. The molecule has 0 bridgehead atoms. The maximum absolute atomic E-state index is 13.1. The maximum atomic E-state index is 13.1. The van der Waals surface area contributed by atoms with Crippen LogP contribution in [0.15, 0.2) is 18.2 Å². The molecule has 1 rings (SSSR count). The van der Waals surface area contributed by atoms with E-state index in [1.165, 1.54) is 13.2 Å². The summed E-state index contributed by atoms with van der Waals surface area (Å²) in [5.74, 6) is -0.128. The molecular formula is C10H10FNO. The first kappa shape index (κ1) is 9.53. The topological polar surface area (TPSA) is 13.6 Å². The number of ether oxygens (including phenoxy) is 1. The fourth-order valence-corrected chi connectivity index (χ4v) is 1.05. The number of hydrogen-bond acceptors (Lipinski definition) is 1. The Morgan fingerprint density at radius 3 is 2.85 bits per heavy atom. The summed E-state index contributed by atoms with van der Waals surface area (Å²) in [7, 11) is 1.43. The second kappa shape index (κ2) is 4.46. The zero-order valence-electron chi connectivity index (χ0n) is 7.38. The van der Waals surface area contributed by atoms with Crippen molar-refractivity contribution in [3.63, 3.8) is 0 Å². The third kappa shape index (κ3) is 2.45. The summed E-state index contributed by atoms with van der Waals surface area (Å²) in [6.45, 7) is 6.99. The Kier molecular flexibility index (Phi) is 3.27. The van der Waals surface area contributed by atoms with Crippen LogP contribution in [0.2, 0.25) is 0 Å². The van der Waals surface area contributed by atoms with Gasteiger partial charge in [-0.1, -0.05) is 6.07 Å². The number of benzene rings is 1. The minimum Gasteiger partial charge on any atom is -0.494 e. The standard InChI is InChI=1S/C10H10FNO/c1-12-6-5-8-3-4-10(13-2)9(11)7-8/h3-4,7H,5-6H2,2H3. The van der Waals surface area contributed by atoms with Crippen molar-refractivity contribution >= 4 is 0 Å². The third-order valence-electron chi connectivity index (χ3n) is 1.73. The molecule has 0 amide bonds. The van der Waals surface area contributed by atoms with Crippen LogP contribution < -0.4 is 4.74 Å². The average molecular weight is 179 g/mol. The second-order valence-corrected chi connectivity index (χ2v) is 2.60. The highest BCUT2D eigenvalue weighted by molar-refractivity contribution is 5.29. The summed E-state index contributed by atoms with van der Waals surface area (Å²) >= 11 is 0. The molecule has 1 aromatic carbocycles. The van der Waals surface area contributed by atoms with Crippen LogP contribution in [-0.4, -0.2) is 13.7 Å². The first-order valence-electron chi connectivity index (χ1n) is 3.93. The van der Waals surface area contributed by atoms with Gasteiger partial charge in [-0.05, 0) is 17.7 Å². The first-order valence-corrected chi connectivity index (χ1v) is 3.93. The van der Waals surface area contributed by atoms with E-state index in [1.54, 1.807) is 12.1 Å². The van der Waals surface area contributed by atoms with Crippen molar-refractivity contribution in [1.29, 1.82) is 0 Å². The lowest BCUT2D eigenvalue weighted by atomic mass is 10.1. The molecule has 0 N–H and O–H groups in total. The molecule has 1 aromatic rings. The molecule has 0 atom stereocenters. The van der Waals surface area contributed by atoms with E-state index in [0.29, 0.717) is 13.0 Å². The van der Waals surface area contributed by atoms with Crippen molar-refractivity contribution in [1.82, 2.24) is 0 Å². The summed E-state index contributed by atoms with van der Waals surface area (Å²) in [6, 6.07) is 4.76. The summed E-state index contributed by atoms with van der Waals surface area (Å²) in [4.78, 5) is 3.20. The van der Waals surface area contributed by atoms with Crippen molar-refractivity contribution in [2.24, 2.45) is 0 Å². The SMILES string of the molecule is [C-]#[N+]CCc1ccc(OC)c(F)c1. The zero-order chi connectivity index (χ0) is 9.68. The molecule has 0 heterocycles. The Bertz CT molecular complexity index is 330. The molecule has 0 fully saturated rings. The molecule has 0 saturated heterocycles. The lowest BCUT2D eigenvalue weighted by molar-refractivity contribution is 0.386. The normalized spacial score (nSPS) is 9.31. The number of methoxy groups -OCH3 is 1. The van der Waals surface area contributed by atoms with Gasteiger partial charge < -0.3 is 9.58 Å². The van der Waals surface area contributed by atoms with E-state index < -0.39 is 0 Å². The van der Waals surface area contributed by atoms with E-state index in [-0.39, 0.29) is 11.6 Å². The van der Waals surface area contributed by atoms with E-state index in [4.69, 9.17) is 11.3 Å².